The van der Waals surface area contributed by atoms with E-state index in [1.807, 2.05) is 12.3 Å². The summed E-state index contributed by atoms with van der Waals surface area (Å²) in [5.74, 6) is -0.592. The molecule has 0 saturated heterocycles. The van der Waals surface area contributed by atoms with Crippen molar-refractivity contribution in [2.24, 2.45) is 0 Å². The number of amides is 1. The molecule has 0 bridgehead atoms. The number of aromatic amines is 2. The van der Waals surface area contributed by atoms with E-state index in [9.17, 15) is 14.4 Å². The van der Waals surface area contributed by atoms with Gasteiger partial charge in [-0.3, -0.25) is 14.4 Å². The number of carbonyl (C=O) groups excluding carboxylic acids is 1. The van der Waals surface area contributed by atoms with Gasteiger partial charge in [-0.1, -0.05) is 0 Å². The largest absolute Gasteiger partial charge is 0.480 e. The molecule has 3 aromatic heterocycles. The van der Waals surface area contributed by atoms with Crippen LogP contribution in [-0.4, -0.2) is 38.5 Å². The summed E-state index contributed by atoms with van der Waals surface area (Å²) in [6, 6.07) is 10.5. The Morgan fingerprint density at radius 2 is 1.84 bits per heavy atom. The van der Waals surface area contributed by atoms with E-state index in [2.05, 4.69) is 25.6 Å². The van der Waals surface area contributed by atoms with Crippen molar-refractivity contribution in [1.29, 1.82) is 0 Å². The maximum Gasteiger partial charge on any atom is 0.322 e. The minimum atomic E-state index is -0.945. The molecular weight excluding hydrogens is 430 g/mol. The Hall–Kier alpha value is -3.92. The summed E-state index contributed by atoms with van der Waals surface area (Å²) in [6.07, 6.45) is 3.16. The van der Waals surface area contributed by atoms with E-state index in [1.165, 1.54) is 11.3 Å². The first-order valence-corrected chi connectivity index (χ1v) is 10.7. The summed E-state index contributed by atoms with van der Waals surface area (Å²) in [7, 11) is 0. The van der Waals surface area contributed by atoms with Crippen LogP contribution in [0.5, 0.6) is 0 Å². The van der Waals surface area contributed by atoms with Crippen LogP contribution >= 0.6 is 11.3 Å². The molecule has 1 amide bonds. The van der Waals surface area contributed by atoms with Gasteiger partial charge < -0.3 is 25.7 Å². The molecule has 32 heavy (non-hydrogen) atoms. The maximum atomic E-state index is 12.6. The SMILES string of the molecule is Cc1nc2[nH]cc(CCc3ccc(C(=O)Nc4ccc(NCC(=O)O)cc4)s3)c2c(=O)[nH]1. The number of H-pyrrole nitrogens is 2. The van der Waals surface area contributed by atoms with Gasteiger partial charge in [0.25, 0.3) is 11.5 Å². The minimum Gasteiger partial charge on any atom is -0.480 e. The lowest BCUT2D eigenvalue weighted by Crippen LogP contribution is -2.12. The lowest BCUT2D eigenvalue weighted by atomic mass is 10.1. The second-order valence-electron chi connectivity index (χ2n) is 7.23. The predicted molar refractivity (Wildman–Crippen MR) is 124 cm³/mol. The van der Waals surface area contributed by atoms with Gasteiger partial charge in [0.1, 0.15) is 18.0 Å². The number of aliphatic carboxylic acids is 1. The van der Waals surface area contributed by atoms with Gasteiger partial charge in [-0.15, -0.1) is 11.3 Å². The highest BCUT2D eigenvalue weighted by Crippen LogP contribution is 2.22. The first kappa shape index (κ1) is 21.3. The third kappa shape index (κ3) is 4.86. The predicted octanol–water partition coefficient (Wildman–Crippen LogP) is 3.16. The number of anilines is 2. The molecule has 0 saturated carbocycles. The number of benzene rings is 1. The molecule has 0 aliphatic heterocycles. The van der Waals surface area contributed by atoms with Gasteiger partial charge in [0.2, 0.25) is 0 Å². The van der Waals surface area contributed by atoms with Crippen LogP contribution in [0.15, 0.2) is 47.4 Å². The van der Waals surface area contributed by atoms with Gasteiger partial charge in [0.05, 0.1) is 10.3 Å². The highest BCUT2D eigenvalue weighted by molar-refractivity contribution is 7.14. The summed E-state index contributed by atoms with van der Waals surface area (Å²) in [6.45, 7) is 1.57. The number of aryl methyl sites for hydroxylation is 3. The maximum absolute atomic E-state index is 12.6. The van der Waals surface area contributed by atoms with Gasteiger partial charge >= 0.3 is 5.97 Å². The van der Waals surface area contributed by atoms with Gasteiger partial charge in [0, 0.05) is 22.4 Å². The van der Waals surface area contributed by atoms with Crippen LogP contribution in [0.25, 0.3) is 11.0 Å². The smallest absolute Gasteiger partial charge is 0.322 e. The van der Waals surface area contributed by atoms with Crippen molar-refractivity contribution >= 4 is 45.6 Å². The monoisotopic (exact) mass is 451 g/mol. The average molecular weight is 452 g/mol. The standard InChI is InChI=1S/C22H21N5O4S/c1-12-25-20-19(22(31)26-12)13(10-24-20)2-7-16-8-9-17(32-16)21(30)27-15-5-3-14(4-6-15)23-11-18(28)29/h3-6,8-10,23H,2,7,11H2,1H3,(H,27,30)(H,28,29)(H2,24,25,26,31). The van der Waals surface area contributed by atoms with Gasteiger partial charge in [-0.25, -0.2) is 4.98 Å². The van der Waals surface area contributed by atoms with Crippen molar-refractivity contribution in [3.63, 3.8) is 0 Å². The van der Waals surface area contributed by atoms with Crippen LogP contribution in [0, 0.1) is 6.92 Å². The number of hydrogen-bond donors (Lipinski definition) is 5. The van der Waals surface area contributed by atoms with Crippen molar-refractivity contribution in [2.45, 2.75) is 19.8 Å². The van der Waals surface area contributed by atoms with E-state index in [0.717, 1.165) is 10.4 Å². The molecule has 164 valence electrons. The second kappa shape index (κ2) is 9.06. The summed E-state index contributed by atoms with van der Waals surface area (Å²) >= 11 is 1.41. The third-order valence-electron chi connectivity index (χ3n) is 4.85. The molecule has 3 heterocycles. The zero-order chi connectivity index (χ0) is 22.7. The lowest BCUT2D eigenvalue weighted by Gasteiger charge is -2.06. The molecule has 0 fully saturated rings. The molecule has 0 radical (unpaired) electrons. The van der Waals surface area contributed by atoms with Gasteiger partial charge in [-0.2, -0.15) is 0 Å². The average Bonchev–Trinajstić information content (AvgIpc) is 3.39. The third-order valence-corrected chi connectivity index (χ3v) is 6.00. The van der Waals surface area contributed by atoms with Crippen LogP contribution in [-0.2, 0) is 17.6 Å². The Morgan fingerprint density at radius 3 is 2.59 bits per heavy atom. The number of nitrogens with zero attached hydrogens (tertiary/aromatic N) is 1. The van der Waals surface area contributed by atoms with E-state index in [1.54, 1.807) is 37.3 Å². The van der Waals surface area contributed by atoms with E-state index in [4.69, 9.17) is 5.11 Å². The Balaban J connectivity index is 1.37. The molecule has 4 rings (SSSR count). The zero-order valence-corrected chi connectivity index (χ0v) is 18.0. The van der Waals surface area contributed by atoms with Crippen molar-refractivity contribution in [1.82, 2.24) is 15.0 Å². The molecule has 5 N–H and O–H groups in total. The van der Waals surface area contributed by atoms with E-state index < -0.39 is 5.97 Å². The van der Waals surface area contributed by atoms with Gasteiger partial charge in [0.15, 0.2) is 0 Å². The quantitative estimate of drug-likeness (QED) is 0.279. The van der Waals surface area contributed by atoms with Crippen LogP contribution in [0.1, 0.15) is 25.9 Å². The van der Waals surface area contributed by atoms with Crippen LogP contribution in [0.3, 0.4) is 0 Å². The Morgan fingerprint density at radius 1 is 1.09 bits per heavy atom. The van der Waals surface area contributed by atoms with E-state index in [0.29, 0.717) is 46.0 Å². The highest BCUT2D eigenvalue weighted by Gasteiger charge is 2.13. The fraction of sp³-hybridized carbons (Fsp3) is 0.182. The molecule has 0 aliphatic rings. The van der Waals surface area contributed by atoms with Crippen molar-refractivity contribution in [2.75, 3.05) is 17.2 Å². The normalized spacial score (nSPS) is 10.9. The molecule has 0 aliphatic carbocycles. The van der Waals surface area contributed by atoms with Gasteiger partial charge in [-0.05, 0) is 61.7 Å². The topological polar surface area (TPSA) is 140 Å². The molecule has 0 unspecified atom stereocenters. The first-order valence-electron chi connectivity index (χ1n) is 9.92. The van der Waals surface area contributed by atoms with E-state index in [-0.39, 0.29) is 18.0 Å². The number of nitrogens with one attached hydrogen (secondary N) is 4. The zero-order valence-electron chi connectivity index (χ0n) is 17.2. The number of carboxylic acid groups (broad SMARTS) is 1. The Kier molecular flexibility index (Phi) is 6.04. The Labute approximate surface area is 186 Å². The first-order chi connectivity index (χ1) is 15.4. The molecule has 1 aromatic carbocycles. The molecule has 9 nitrogen and oxygen atoms in total. The minimum absolute atomic E-state index is 0.154. The van der Waals surface area contributed by atoms with Crippen LogP contribution in [0.2, 0.25) is 0 Å². The van der Waals surface area contributed by atoms with Crippen molar-refractivity contribution in [3.05, 3.63) is 74.1 Å². The molecule has 10 heteroatoms. The van der Waals surface area contributed by atoms with E-state index >= 15 is 0 Å². The summed E-state index contributed by atoms with van der Waals surface area (Å²) in [5, 5.41) is 14.9. The molecular formula is C22H21N5O4S. The molecule has 0 atom stereocenters. The Bertz CT molecular complexity index is 1340. The summed E-state index contributed by atoms with van der Waals surface area (Å²) < 4.78 is 0. The summed E-state index contributed by atoms with van der Waals surface area (Å²) in [4.78, 5) is 47.1. The number of fused-ring (bicyclic) bond motifs is 1. The van der Waals surface area contributed by atoms with Crippen molar-refractivity contribution in [3.8, 4) is 0 Å². The fourth-order valence-electron chi connectivity index (χ4n) is 3.35. The number of aromatic nitrogens is 3. The van der Waals surface area contributed by atoms with Crippen LogP contribution < -0.4 is 16.2 Å². The number of thiophene rings is 1. The molecule has 4 aromatic rings. The number of hydrogen-bond acceptors (Lipinski definition) is 6. The van der Waals surface area contributed by atoms with Crippen LogP contribution in [0.4, 0.5) is 11.4 Å². The number of carboxylic acids is 1. The fourth-order valence-corrected chi connectivity index (χ4v) is 4.25. The second-order valence-corrected chi connectivity index (χ2v) is 8.40. The number of carbonyl (C=O) groups is 2. The number of rotatable bonds is 8. The highest BCUT2D eigenvalue weighted by atomic mass is 32.1. The molecule has 0 spiro atoms. The summed E-state index contributed by atoms with van der Waals surface area (Å²) in [5.41, 5.74) is 2.59. The lowest BCUT2D eigenvalue weighted by molar-refractivity contribution is -0.134. The van der Waals surface area contributed by atoms with Crippen molar-refractivity contribution < 1.29 is 14.7 Å².